The fraction of sp³-hybridized carbons (Fsp3) is 0.222. The van der Waals surface area contributed by atoms with Crippen molar-refractivity contribution < 1.29 is 0 Å². The Kier molecular flexibility index (Phi) is 2.95. The Morgan fingerprint density at radius 3 is 3.09 bits per heavy atom. The van der Waals surface area contributed by atoms with Gasteiger partial charge >= 0.3 is 0 Å². The topological polar surface area (TPSA) is 12.9 Å². The van der Waals surface area contributed by atoms with Crippen molar-refractivity contribution in [2.75, 3.05) is 5.88 Å². The average Bonchev–Trinajstić information content (AvgIpc) is 2.03. The van der Waals surface area contributed by atoms with E-state index in [4.69, 9.17) is 11.6 Å². The molecule has 1 aromatic heterocycles. The van der Waals surface area contributed by atoms with Crippen LogP contribution in [0.25, 0.3) is 0 Å². The number of hydrogen-bond acceptors (Lipinski definition) is 1. The lowest BCUT2D eigenvalue weighted by Crippen LogP contribution is -1.82. The Bertz CT molecular complexity index is 296. The van der Waals surface area contributed by atoms with Gasteiger partial charge in [-0.15, -0.1) is 11.6 Å². The summed E-state index contributed by atoms with van der Waals surface area (Å²) in [4.78, 5) is 3.95. The zero-order chi connectivity index (χ0) is 8.10. The third kappa shape index (κ3) is 2.25. The molecule has 1 heterocycles. The van der Waals surface area contributed by atoms with Crippen LogP contribution < -0.4 is 0 Å². The van der Waals surface area contributed by atoms with Gasteiger partial charge < -0.3 is 0 Å². The molecule has 1 aromatic rings. The van der Waals surface area contributed by atoms with Crippen LogP contribution in [0.2, 0.25) is 0 Å². The zero-order valence-corrected chi connectivity index (χ0v) is 7.02. The van der Waals surface area contributed by atoms with E-state index in [1.165, 1.54) is 0 Å². The summed E-state index contributed by atoms with van der Waals surface area (Å²) in [5.74, 6) is 6.07. The van der Waals surface area contributed by atoms with Crippen LogP contribution in [0.15, 0.2) is 18.5 Å². The van der Waals surface area contributed by atoms with E-state index in [-0.39, 0.29) is 0 Å². The molecule has 2 heteroatoms. The lowest BCUT2D eigenvalue weighted by molar-refractivity contribution is 1.27. The highest BCUT2D eigenvalue weighted by atomic mass is 35.5. The van der Waals surface area contributed by atoms with Crippen LogP contribution in [0.5, 0.6) is 0 Å². The molecule has 0 radical (unpaired) electrons. The second-order valence-corrected chi connectivity index (χ2v) is 2.39. The molecule has 0 aliphatic heterocycles. The van der Waals surface area contributed by atoms with Gasteiger partial charge in [-0.2, -0.15) is 0 Å². The maximum atomic E-state index is 5.41. The number of hydrogen-bond donors (Lipinski definition) is 0. The quantitative estimate of drug-likeness (QED) is 0.423. The second-order valence-electron chi connectivity index (χ2n) is 2.13. The first kappa shape index (κ1) is 8.10. The third-order valence-corrected chi connectivity index (χ3v) is 1.46. The van der Waals surface area contributed by atoms with Gasteiger partial charge in [0.1, 0.15) is 0 Å². The molecule has 0 aliphatic rings. The number of pyridine rings is 1. The van der Waals surface area contributed by atoms with E-state index in [1.54, 1.807) is 12.4 Å². The Labute approximate surface area is 71.4 Å². The highest BCUT2D eigenvalue weighted by Crippen LogP contribution is 2.01. The van der Waals surface area contributed by atoms with Crippen molar-refractivity contribution in [3.63, 3.8) is 0 Å². The van der Waals surface area contributed by atoms with E-state index < -0.39 is 0 Å². The number of rotatable bonds is 0. The van der Waals surface area contributed by atoms with Gasteiger partial charge in [-0.3, -0.25) is 4.98 Å². The van der Waals surface area contributed by atoms with Crippen molar-refractivity contribution in [1.82, 2.24) is 4.98 Å². The SMILES string of the molecule is Cc1ccncc1C#CCCl. The summed E-state index contributed by atoms with van der Waals surface area (Å²) in [6.07, 6.45) is 3.50. The molecule has 11 heavy (non-hydrogen) atoms. The fourth-order valence-electron chi connectivity index (χ4n) is 0.723. The van der Waals surface area contributed by atoms with Crippen LogP contribution in [0.3, 0.4) is 0 Å². The molecule has 0 amide bonds. The van der Waals surface area contributed by atoms with Crippen LogP contribution in [-0.4, -0.2) is 10.9 Å². The van der Waals surface area contributed by atoms with Crippen LogP contribution in [-0.2, 0) is 0 Å². The first-order chi connectivity index (χ1) is 5.34. The van der Waals surface area contributed by atoms with Gasteiger partial charge in [0.2, 0.25) is 0 Å². The number of aryl methyl sites for hydroxylation is 1. The van der Waals surface area contributed by atoms with E-state index in [0.29, 0.717) is 5.88 Å². The molecule has 0 N–H and O–H groups in total. The van der Waals surface area contributed by atoms with Crippen molar-refractivity contribution in [2.24, 2.45) is 0 Å². The Morgan fingerprint density at radius 2 is 2.45 bits per heavy atom. The molecule has 1 rings (SSSR count). The van der Waals surface area contributed by atoms with Gasteiger partial charge in [-0.05, 0) is 18.6 Å². The Hall–Kier alpha value is -1.00. The molecular weight excluding hydrogens is 158 g/mol. The van der Waals surface area contributed by atoms with Crippen molar-refractivity contribution >= 4 is 11.6 Å². The van der Waals surface area contributed by atoms with E-state index in [1.807, 2.05) is 13.0 Å². The molecule has 0 bridgehead atoms. The molecule has 56 valence electrons. The minimum atomic E-state index is 0.369. The van der Waals surface area contributed by atoms with Crippen LogP contribution in [0, 0.1) is 18.8 Å². The minimum absolute atomic E-state index is 0.369. The lowest BCUT2D eigenvalue weighted by atomic mass is 10.2. The number of aromatic nitrogens is 1. The Morgan fingerprint density at radius 1 is 1.64 bits per heavy atom. The zero-order valence-electron chi connectivity index (χ0n) is 6.26. The number of halogens is 1. The van der Waals surface area contributed by atoms with Gasteiger partial charge in [-0.1, -0.05) is 11.8 Å². The summed E-state index contributed by atoms with van der Waals surface area (Å²) in [6, 6.07) is 1.93. The van der Waals surface area contributed by atoms with Gasteiger partial charge in [-0.25, -0.2) is 0 Å². The highest BCUT2D eigenvalue weighted by Gasteiger charge is 1.89. The molecule has 0 spiro atoms. The molecule has 0 saturated heterocycles. The Balaban J connectivity index is 2.95. The molecule has 0 atom stereocenters. The standard InChI is InChI=1S/C9H8ClN/c1-8-4-6-11-7-9(8)3-2-5-10/h4,6-7H,5H2,1H3. The van der Waals surface area contributed by atoms with Crippen molar-refractivity contribution in [2.45, 2.75) is 6.92 Å². The summed E-state index contributed by atoms with van der Waals surface area (Å²) in [7, 11) is 0. The van der Waals surface area contributed by atoms with Crippen molar-refractivity contribution in [1.29, 1.82) is 0 Å². The lowest BCUT2D eigenvalue weighted by Gasteiger charge is -1.92. The van der Waals surface area contributed by atoms with E-state index in [9.17, 15) is 0 Å². The van der Waals surface area contributed by atoms with E-state index in [2.05, 4.69) is 16.8 Å². The summed E-state index contributed by atoms with van der Waals surface area (Å²) >= 11 is 5.41. The molecule has 0 aliphatic carbocycles. The maximum absolute atomic E-state index is 5.41. The third-order valence-electron chi connectivity index (χ3n) is 1.33. The monoisotopic (exact) mass is 165 g/mol. The largest absolute Gasteiger partial charge is 0.263 e. The molecule has 0 saturated carbocycles. The number of nitrogens with zero attached hydrogens (tertiary/aromatic N) is 1. The van der Waals surface area contributed by atoms with E-state index >= 15 is 0 Å². The molecular formula is C9H8ClN. The molecule has 1 nitrogen and oxygen atoms in total. The highest BCUT2D eigenvalue weighted by molar-refractivity contribution is 6.19. The predicted octanol–water partition coefficient (Wildman–Crippen LogP) is 1.98. The summed E-state index contributed by atoms with van der Waals surface area (Å²) in [6.45, 7) is 2.00. The molecule has 0 unspecified atom stereocenters. The fourth-order valence-corrected chi connectivity index (χ4v) is 0.790. The van der Waals surface area contributed by atoms with Crippen molar-refractivity contribution in [3.05, 3.63) is 29.6 Å². The normalized spacial score (nSPS) is 8.55. The first-order valence-electron chi connectivity index (χ1n) is 3.30. The smallest absolute Gasteiger partial charge is 0.0839 e. The molecule has 0 fully saturated rings. The number of alkyl halides is 1. The van der Waals surface area contributed by atoms with E-state index in [0.717, 1.165) is 11.1 Å². The maximum Gasteiger partial charge on any atom is 0.0839 e. The van der Waals surface area contributed by atoms with Crippen LogP contribution >= 0.6 is 11.6 Å². The van der Waals surface area contributed by atoms with Gasteiger partial charge in [0.15, 0.2) is 0 Å². The van der Waals surface area contributed by atoms with Crippen LogP contribution in [0.1, 0.15) is 11.1 Å². The summed E-state index contributed by atoms with van der Waals surface area (Å²) < 4.78 is 0. The average molecular weight is 166 g/mol. The van der Waals surface area contributed by atoms with Gasteiger partial charge in [0.25, 0.3) is 0 Å². The first-order valence-corrected chi connectivity index (χ1v) is 3.83. The second kappa shape index (κ2) is 4.00. The van der Waals surface area contributed by atoms with Crippen LogP contribution in [0.4, 0.5) is 0 Å². The predicted molar refractivity (Wildman–Crippen MR) is 46.6 cm³/mol. The summed E-state index contributed by atoms with van der Waals surface area (Å²) in [5.41, 5.74) is 2.09. The molecule has 0 aromatic carbocycles. The van der Waals surface area contributed by atoms with Gasteiger partial charge in [0, 0.05) is 18.0 Å². The van der Waals surface area contributed by atoms with Gasteiger partial charge in [0.05, 0.1) is 5.88 Å². The van der Waals surface area contributed by atoms with Crippen molar-refractivity contribution in [3.8, 4) is 11.8 Å². The summed E-state index contributed by atoms with van der Waals surface area (Å²) in [5, 5.41) is 0. The minimum Gasteiger partial charge on any atom is -0.263 e.